The Labute approximate surface area is 106 Å². The number of para-hydroxylation sites is 1. The third kappa shape index (κ3) is 2.65. The molecule has 0 aliphatic rings. The van der Waals surface area contributed by atoms with Crippen molar-refractivity contribution < 1.29 is 4.74 Å². The van der Waals surface area contributed by atoms with Crippen LogP contribution in [0.1, 0.15) is 16.8 Å². The second-order valence-corrected chi connectivity index (χ2v) is 3.72. The first kappa shape index (κ1) is 12.1. The van der Waals surface area contributed by atoms with Crippen LogP contribution in [0.3, 0.4) is 0 Å². The number of rotatable bonds is 4. The van der Waals surface area contributed by atoms with E-state index in [9.17, 15) is 0 Å². The van der Waals surface area contributed by atoms with Crippen LogP contribution in [0.25, 0.3) is 0 Å². The van der Waals surface area contributed by atoms with Gasteiger partial charge in [0.2, 0.25) is 0 Å². The van der Waals surface area contributed by atoms with E-state index in [1.54, 1.807) is 12.3 Å². The predicted octanol–water partition coefficient (Wildman–Crippen LogP) is 1.99. The van der Waals surface area contributed by atoms with Crippen LogP contribution in [0.2, 0.25) is 0 Å². The SMILES string of the molecule is N#Cc1ncccc1COc1ccccc1CN. The molecule has 2 N–H and O–H groups in total. The third-order valence-electron chi connectivity index (χ3n) is 2.57. The summed E-state index contributed by atoms with van der Waals surface area (Å²) in [7, 11) is 0. The summed E-state index contributed by atoms with van der Waals surface area (Å²) in [4.78, 5) is 3.99. The summed E-state index contributed by atoms with van der Waals surface area (Å²) in [5.74, 6) is 0.743. The van der Waals surface area contributed by atoms with Crippen LogP contribution < -0.4 is 10.5 Å². The van der Waals surface area contributed by atoms with Gasteiger partial charge in [0.05, 0.1) is 0 Å². The Morgan fingerprint density at radius 2 is 1.94 bits per heavy atom. The topological polar surface area (TPSA) is 71.9 Å². The maximum absolute atomic E-state index is 8.93. The Hall–Kier alpha value is -2.38. The Morgan fingerprint density at radius 3 is 2.72 bits per heavy atom. The first-order chi connectivity index (χ1) is 8.85. The summed E-state index contributed by atoms with van der Waals surface area (Å²) in [6.45, 7) is 0.738. The lowest BCUT2D eigenvalue weighted by atomic mass is 10.2. The fourth-order valence-electron chi connectivity index (χ4n) is 1.62. The number of benzene rings is 1. The van der Waals surface area contributed by atoms with Gasteiger partial charge >= 0.3 is 0 Å². The van der Waals surface area contributed by atoms with E-state index < -0.39 is 0 Å². The van der Waals surface area contributed by atoms with Crippen molar-refractivity contribution in [2.24, 2.45) is 5.73 Å². The van der Waals surface area contributed by atoms with E-state index in [0.29, 0.717) is 18.8 Å². The molecule has 90 valence electrons. The summed E-state index contributed by atoms with van der Waals surface area (Å²) < 4.78 is 5.69. The Morgan fingerprint density at radius 1 is 1.17 bits per heavy atom. The van der Waals surface area contributed by atoms with E-state index in [0.717, 1.165) is 16.9 Å². The second kappa shape index (κ2) is 5.80. The molecule has 4 heteroatoms. The summed E-state index contributed by atoms with van der Waals surface area (Å²) in [6.07, 6.45) is 1.59. The lowest BCUT2D eigenvalue weighted by molar-refractivity contribution is 0.302. The fraction of sp³-hybridized carbons (Fsp3) is 0.143. The monoisotopic (exact) mass is 239 g/mol. The smallest absolute Gasteiger partial charge is 0.147 e. The van der Waals surface area contributed by atoms with Gasteiger partial charge in [0.15, 0.2) is 0 Å². The third-order valence-corrected chi connectivity index (χ3v) is 2.57. The highest BCUT2D eigenvalue weighted by molar-refractivity contribution is 5.34. The molecule has 0 fully saturated rings. The van der Waals surface area contributed by atoms with E-state index in [4.69, 9.17) is 15.7 Å². The van der Waals surface area contributed by atoms with Gasteiger partial charge in [-0.05, 0) is 12.1 Å². The van der Waals surface area contributed by atoms with Crippen molar-refractivity contribution in [3.63, 3.8) is 0 Å². The largest absolute Gasteiger partial charge is 0.488 e. The standard InChI is InChI=1S/C14H13N3O/c15-8-11-4-1-2-6-14(11)18-10-12-5-3-7-17-13(12)9-16/h1-7H,8,10,15H2. The fourth-order valence-corrected chi connectivity index (χ4v) is 1.62. The van der Waals surface area contributed by atoms with Crippen LogP contribution >= 0.6 is 0 Å². The number of nitrogens with two attached hydrogens (primary N) is 1. The van der Waals surface area contributed by atoms with Crippen LogP contribution in [-0.2, 0) is 13.2 Å². The zero-order chi connectivity index (χ0) is 12.8. The highest BCUT2D eigenvalue weighted by Crippen LogP contribution is 2.19. The minimum atomic E-state index is 0.313. The van der Waals surface area contributed by atoms with Crippen molar-refractivity contribution in [3.8, 4) is 11.8 Å². The highest BCUT2D eigenvalue weighted by Gasteiger charge is 2.05. The summed E-state index contributed by atoms with van der Waals surface area (Å²) in [5, 5.41) is 8.93. The summed E-state index contributed by atoms with van der Waals surface area (Å²) in [6, 6.07) is 13.3. The lowest BCUT2D eigenvalue weighted by Crippen LogP contribution is -2.04. The predicted molar refractivity (Wildman–Crippen MR) is 67.6 cm³/mol. The number of aromatic nitrogens is 1. The number of hydrogen-bond acceptors (Lipinski definition) is 4. The first-order valence-corrected chi connectivity index (χ1v) is 5.60. The molecule has 0 saturated heterocycles. The number of hydrogen-bond donors (Lipinski definition) is 1. The Balaban J connectivity index is 2.14. The molecule has 1 aromatic carbocycles. The minimum absolute atomic E-state index is 0.313. The molecule has 0 unspecified atom stereocenters. The molecule has 0 bridgehead atoms. The van der Waals surface area contributed by atoms with Gasteiger partial charge in [-0.2, -0.15) is 5.26 Å². The van der Waals surface area contributed by atoms with Crippen molar-refractivity contribution in [1.82, 2.24) is 4.98 Å². The van der Waals surface area contributed by atoms with Crippen molar-refractivity contribution in [2.75, 3.05) is 0 Å². The maximum atomic E-state index is 8.93. The van der Waals surface area contributed by atoms with Crippen molar-refractivity contribution >= 4 is 0 Å². The molecule has 1 aromatic heterocycles. The molecule has 0 amide bonds. The molecule has 0 spiro atoms. The summed E-state index contributed by atoms with van der Waals surface area (Å²) >= 11 is 0. The molecule has 0 atom stereocenters. The van der Waals surface area contributed by atoms with E-state index >= 15 is 0 Å². The van der Waals surface area contributed by atoms with Crippen LogP contribution in [0.15, 0.2) is 42.6 Å². The van der Waals surface area contributed by atoms with Crippen molar-refractivity contribution in [1.29, 1.82) is 5.26 Å². The Bertz CT molecular complexity index is 575. The van der Waals surface area contributed by atoms with Gasteiger partial charge in [-0.15, -0.1) is 0 Å². The molecular formula is C14H13N3O. The molecule has 0 aliphatic carbocycles. The molecule has 0 aliphatic heterocycles. The number of nitrogens with zero attached hydrogens (tertiary/aromatic N) is 2. The van der Waals surface area contributed by atoms with Gasteiger partial charge < -0.3 is 10.5 Å². The average Bonchev–Trinajstić information content (AvgIpc) is 2.45. The van der Waals surface area contributed by atoms with Gasteiger partial charge in [0.1, 0.15) is 24.1 Å². The number of nitriles is 1. The van der Waals surface area contributed by atoms with Gasteiger partial charge in [-0.25, -0.2) is 4.98 Å². The molecule has 2 aromatic rings. The minimum Gasteiger partial charge on any atom is -0.488 e. The van der Waals surface area contributed by atoms with Crippen molar-refractivity contribution in [2.45, 2.75) is 13.2 Å². The van der Waals surface area contributed by atoms with E-state index in [-0.39, 0.29) is 0 Å². The van der Waals surface area contributed by atoms with Crippen LogP contribution in [0, 0.1) is 11.3 Å². The number of ether oxygens (including phenoxy) is 1. The van der Waals surface area contributed by atoms with Crippen LogP contribution in [0.4, 0.5) is 0 Å². The van der Waals surface area contributed by atoms with Gasteiger partial charge in [-0.3, -0.25) is 0 Å². The van der Waals surface area contributed by atoms with Gasteiger partial charge in [0.25, 0.3) is 0 Å². The molecule has 18 heavy (non-hydrogen) atoms. The quantitative estimate of drug-likeness (QED) is 0.885. The van der Waals surface area contributed by atoms with E-state index in [2.05, 4.69) is 4.98 Å². The molecule has 2 rings (SSSR count). The van der Waals surface area contributed by atoms with Gasteiger partial charge in [-0.1, -0.05) is 24.3 Å². The van der Waals surface area contributed by atoms with E-state index in [1.165, 1.54) is 0 Å². The molecule has 4 nitrogen and oxygen atoms in total. The lowest BCUT2D eigenvalue weighted by Gasteiger charge is -2.10. The van der Waals surface area contributed by atoms with Crippen LogP contribution in [0.5, 0.6) is 5.75 Å². The first-order valence-electron chi connectivity index (χ1n) is 5.60. The molecule has 0 saturated carbocycles. The Kier molecular flexibility index (Phi) is 3.90. The van der Waals surface area contributed by atoms with Crippen molar-refractivity contribution in [3.05, 3.63) is 59.4 Å². The normalized spacial score (nSPS) is 9.78. The van der Waals surface area contributed by atoms with Gasteiger partial charge in [0, 0.05) is 23.9 Å². The highest BCUT2D eigenvalue weighted by atomic mass is 16.5. The molecular weight excluding hydrogens is 226 g/mol. The second-order valence-electron chi connectivity index (χ2n) is 3.72. The zero-order valence-electron chi connectivity index (χ0n) is 9.84. The number of pyridine rings is 1. The van der Waals surface area contributed by atoms with Crippen LogP contribution in [-0.4, -0.2) is 4.98 Å². The molecule has 1 heterocycles. The van der Waals surface area contributed by atoms with E-state index in [1.807, 2.05) is 36.4 Å². The summed E-state index contributed by atoms with van der Waals surface area (Å²) in [5.41, 5.74) is 7.74. The maximum Gasteiger partial charge on any atom is 0.147 e. The molecule has 0 radical (unpaired) electrons. The zero-order valence-corrected chi connectivity index (χ0v) is 9.84. The average molecular weight is 239 g/mol.